The van der Waals surface area contributed by atoms with Crippen molar-refractivity contribution in [3.8, 4) is 0 Å². The molecule has 0 fully saturated rings. The van der Waals surface area contributed by atoms with Gasteiger partial charge in [0, 0.05) is 13.1 Å². The highest BCUT2D eigenvalue weighted by molar-refractivity contribution is 5.57. The van der Waals surface area contributed by atoms with Gasteiger partial charge in [-0.3, -0.25) is 5.01 Å². The van der Waals surface area contributed by atoms with Crippen LogP contribution in [0.25, 0.3) is 0 Å². The molecule has 1 unspecified atom stereocenters. The van der Waals surface area contributed by atoms with Gasteiger partial charge < -0.3 is 4.90 Å². The molecule has 0 aromatic heterocycles. The fourth-order valence-corrected chi connectivity index (χ4v) is 2.61. The summed E-state index contributed by atoms with van der Waals surface area (Å²) >= 11 is 0. The summed E-state index contributed by atoms with van der Waals surface area (Å²) in [7, 11) is 0. The zero-order valence-corrected chi connectivity index (χ0v) is 13.3. The Labute approximate surface area is 120 Å². The Hall–Kier alpha value is -0.730. The lowest BCUT2D eigenvalue weighted by molar-refractivity contribution is 0.116. The monoisotopic (exact) mass is 267 g/mol. The molecule has 1 aliphatic heterocycles. The highest BCUT2D eigenvalue weighted by atomic mass is 15.6. The highest BCUT2D eigenvalue weighted by Crippen LogP contribution is 2.19. The Bertz CT molecular complexity index is 240. The molecular weight excluding hydrogens is 234 g/mol. The van der Waals surface area contributed by atoms with E-state index >= 15 is 0 Å². The van der Waals surface area contributed by atoms with E-state index in [1.807, 2.05) is 0 Å². The fourth-order valence-electron chi connectivity index (χ4n) is 2.61. The molecule has 0 spiro atoms. The Morgan fingerprint density at radius 3 is 2.26 bits per heavy atom. The summed E-state index contributed by atoms with van der Waals surface area (Å²) in [6, 6.07) is 0. The van der Waals surface area contributed by atoms with E-state index in [-0.39, 0.29) is 0 Å². The van der Waals surface area contributed by atoms with Crippen LogP contribution in [0.5, 0.6) is 0 Å². The first kappa shape index (κ1) is 16.3. The third-order valence-corrected chi connectivity index (χ3v) is 3.90. The van der Waals surface area contributed by atoms with Gasteiger partial charge >= 0.3 is 0 Å². The van der Waals surface area contributed by atoms with Crippen molar-refractivity contribution in [1.82, 2.24) is 9.91 Å². The van der Waals surface area contributed by atoms with Crippen molar-refractivity contribution in [2.75, 3.05) is 13.1 Å². The number of hydrazone groups is 1. The fraction of sp³-hybridized carbons (Fsp3) is 0.938. The van der Waals surface area contributed by atoms with Gasteiger partial charge in [0.2, 0.25) is 0 Å². The molecular formula is C16H33N3. The van der Waals surface area contributed by atoms with Gasteiger partial charge in [0.25, 0.3) is 0 Å². The zero-order chi connectivity index (χ0) is 13.9. The average molecular weight is 267 g/mol. The maximum Gasteiger partial charge on any atom is 0.119 e. The molecule has 0 aliphatic carbocycles. The Balaban J connectivity index is 2.37. The van der Waals surface area contributed by atoms with E-state index in [4.69, 9.17) is 0 Å². The molecule has 0 aromatic carbocycles. The minimum atomic E-state index is 0.535. The van der Waals surface area contributed by atoms with Crippen LogP contribution in [-0.4, -0.2) is 35.5 Å². The molecule has 1 rings (SSSR count). The predicted octanol–water partition coefficient (Wildman–Crippen LogP) is 4.44. The van der Waals surface area contributed by atoms with Gasteiger partial charge in [-0.1, -0.05) is 52.9 Å². The van der Waals surface area contributed by atoms with Gasteiger partial charge in [-0.2, -0.15) is 5.10 Å². The van der Waals surface area contributed by atoms with E-state index in [0.717, 1.165) is 6.54 Å². The van der Waals surface area contributed by atoms with E-state index in [1.54, 1.807) is 0 Å². The molecule has 1 aliphatic rings. The van der Waals surface area contributed by atoms with Crippen LogP contribution in [0, 0.1) is 0 Å². The summed E-state index contributed by atoms with van der Waals surface area (Å²) in [6.45, 7) is 9.10. The lowest BCUT2D eigenvalue weighted by Gasteiger charge is -2.30. The van der Waals surface area contributed by atoms with Crippen LogP contribution in [0.3, 0.4) is 0 Å². The lowest BCUT2D eigenvalue weighted by Crippen LogP contribution is -2.40. The standard InChI is InChI=1S/C16H33N3/c1-4-7-10-11-14-19-16(12-8-5-2)18(15-17-19)13-9-6-3/h15-16H,4-14H2,1-3H3. The molecule has 1 heterocycles. The second-order valence-corrected chi connectivity index (χ2v) is 5.67. The number of hydrogen-bond donors (Lipinski definition) is 0. The SMILES string of the molecule is CCCCCCN1N=CN(CCCC)C1CCCC. The number of unbranched alkanes of at least 4 members (excludes halogenated alkanes) is 5. The van der Waals surface area contributed by atoms with Crippen LogP contribution in [0.2, 0.25) is 0 Å². The first-order valence-electron chi connectivity index (χ1n) is 8.39. The Morgan fingerprint density at radius 1 is 0.842 bits per heavy atom. The van der Waals surface area contributed by atoms with Crippen LogP contribution in [0.4, 0.5) is 0 Å². The number of hydrogen-bond acceptors (Lipinski definition) is 3. The lowest BCUT2D eigenvalue weighted by atomic mass is 10.1. The molecule has 0 bridgehead atoms. The van der Waals surface area contributed by atoms with Gasteiger partial charge in [-0.15, -0.1) is 0 Å². The van der Waals surface area contributed by atoms with Gasteiger partial charge in [0.1, 0.15) is 12.5 Å². The second-order valence-electron chi connectivity index (χ2n) is 5.67. The smallest absolute Gasteiger partial charge is 0.119 e. The second kappa shape index (κ2) is 10.1. The summed E-state index contributed by atoms with van der Waals surface area (Å²) in [5.41, 5.74) is 0. The van der Waals surface area contributed by atoms with E-state index in [0.29, 0.717) is 6.17 Å². The van der Waals surface area contributed by atoms with Crippen molar-refractivity contribution in [2.24, 2.45) is 5.10 Å². The third-order valence-electron chi connectivity index (χ3n) is 3.90. The van der Waals surface area contributed by atoms with Crippen molar-refractivity contribution >= 4 is 6.34 Å². The van der Waals surface area contributed by atoms with E-state index in [9.17, 15) is 0 Å². The number of rotatable bonds is 11. The maximum absolute atomic E-state index is 4.64. The summed E-state index contributed by atoms with van der Waals surface area (Å²) in [5, 5.41) is 6.97. The molecule has 19 heavy (non-hydrogen) atoms. The van der Waals surface area contributed by atoms with Crippen molar-refractivity contribution in [1.29, 1.82) is 0 Å². The molecule has 0 amide bonds. The Morgan fingerprint density at radius 2 is 1.58 bits per heavy atom. The van der Waals surface area contributed by atoms with E-state index < -0.39 is 0 Å². The minimum Gasteiger partial charge on any atom is -0.339 e. The minimum absolute atomic E-state index is 0.535. The summed E-state index contributed by atoms with van der Waals surface area (Å²) in [5.74, 6) is 0. The molecule has 1 atom stereocenters. The summed E-state index contributed by atoms with van der Waals surface area (Å²) in [4.78, 5) is 2.46. The third kappa shape index (κ3) is 5.84. The van der Waals surface area contributed by atoms with Crippen molar-refractivity contribution < 1.29 is 0 Å². The first-order valence-corrected chi connectivity index (χ1v) is 8.39. The molecule has 0 aromatic rings. The van der Waals surface area contributed by atoms with Crippen LogP contribution in [0.15, 0.2) is 5.10 Å². The van der Waals surface area contributed by atoms with Crippen LogP contribution in [-0.2, 0) is 0 Å². The van der Waals surface area contributed by atoms with E-state index in [1.165, 1.54) is 64.3 Å². The molecule has 0 radical (unpaired) electrons. The first-order chi connectivity index (χ1) is 9.33. The number of nitrogens with zero attached hydrogens (tertiary/aromatic N) is 3. The van der Waals surface area contributed by atoms with Crippen LogP contribution in [0.1, 0.15) is 78.6 Å². The van der Waals surface area contributed by atoms with Gasteiger partial charge in [0.15, 0.2) is 0 Å². The molecule has 0 saturated carbocycles. The van der Waals surface area contributed by atoms with Crippen LogP contribution < -0.4 is 0 Å². The van der Waals surface area contributed by atoms with Crippen molar-refractivity contribution in [3.05, 3.63) is 0 Å². The summed E-state index contributed by atoms with van der Waals surface area (Å²) < 4.78 is 0. The van der Waals surface area contributed by atoms with Gasteiger partial charge in [0.05, 0.1) is 0 Å². The van der Waals surface area contributed by atoms with Crippen molar-refractivity contribution in [3.63, 3.8) is 0 Å². The van der Waals surface area contributed by atoms with Crippen molar-refractivity contribution in [2.45, 2.75) is 84.7 Å². The quantitative estimate of drug-likeness (QED) is 0.515. The Kier molecular flexibility index (Phi) is 8.68. The largest absolute Gasteiger partial charge is 0.339 e. The molecule has 112 valence electrons. The average Bonchev–Trinajstić information content (AvgIpc) is 2.81. The predicted molar refractivity (Wildman–Crippen MR) is 84.3 cm³/mol. The normalized spacial score (nSPS) is 18.6. The van der Waals surface area contributed by atoms with Gasteiger partial charge in [-0.05, 0) is 25.7 Å². The zero-order valence-electron chi connectivity index (χ0n) is 13.3. The highest BCUT2D eigenvalue weighted by Gasteiger charge is 2.26. The maximum atomic E-state index is 4.64. The summed E-state index contributed by atoms with van der Waals surface area (Å²) in [6.07, 6.45) is 14.3. The molecule has 0 N–H and O–H groups in total. The topological polar surface area (TPSA) is 18.8 Å². The van der Waals surface area contributed by atoms with E-state index in [2.05, 4.69) is 42.1 Å². The van der Waals surface area contributed by atoms with Crippen LogP contribution >= 0.6 is 0 Å². The molecule has 0 saturated heterocycles. The van der Waals surface area contributed by atoms with Gasteiger partial charge in [-0.25, -0.2) is 0 Å². The molecule has 3 heteroatoms. The molecule has 3 nitrogen and oxygen atoms in total.